The molecule has 1 aliphatic heterocycles. The summed E-state index contributed by atoms with van der Waals surface area (Å²) in [6.07, 6.45) is -3.40. The first-order chi connectivity index (χ1) is 13.5. The minimum Gasteiger partial charge on any atom is -0.496 e. The van der Waals surface area contributed by atoms with Crippen molar-refractivity contribution in [3.63, 3.8) is 0 Å². The number of ether oxygens (including phenoxy) is 2. The number of aliphatic carboxylic acids is 1. The lowest BCUT2D eigenvalue weighted by atomic mass is 9.92. The Kier molecular flexibility index (Phi) is 5.68. The summed E-state index contributed by atoms with van der Waals surface area (Å²) >= 11 is 6.88. The summed E-state index contributed by atoms with van der Waals surface area (Å²) in [5.74, 6) is -1.28. The monoisotopic (exact) mass is 449 g/mol. The first-order valence-electron chi connectivity index (χ1n) is 8.25. The van der Waals surface area contributed by atoms with Crippen LogP contribution in [0, 0.1) is 0 Å². The van der Waals surface area contributed by atoms with E-state index in [4.69, 9.17) is 16.3 Å². The van der Waals surface area contributed by atoms with Gasteiger partial charge in [-0.2, -0.15) is 0 Å². The molecule has 3 rings (SSSR count). The second-order valence-electron chi connectivity index (χ2n) is 6.30. The molecule has 1 atom stereocenters. The minimum atomic E-state index is -4.86. The van der Waals surface area contributed by atoms with Gasteiger partial charge in [-0.05, 0) is 24.1 Å². The van der Waals surface area contributed by atoms with Gasteiger partial charge in [0, 0.05) is 23.6 Å². The van der Waals surface area contributed by atoms with Crippen molar-refractivity contribution in [1.82, 2.24) is 4.90 Å². The molecule has 1 aromatic rings. The number of allylic oxidation sites excluding steroid dienone is 2. The second kappa shape index (κ2) is 7.75. The molecular formula is C18H15ClF3NO5S. The van der Waals surface area contributed by atoms with Crippen LogP contribution in [0.4, 0.5) is 13.2 Å². The Balaban J connectivity index is 1.98. The summed E-state index contributed by atoms with van der Waals surface area (Å²) in [6, 6.07) is 0.433. The van der Waals surface area contributed by atoms with Gasteiger partial charge in [-0.1, -0.05) is 11.6 Å². The fourth-order valence-corrected chi connectivity index (χ4v) is 4.41. The van der Waals surface area contributed by atoms with E-state index >= 15 is 0 Å². The van der Waals surface area contributed by atoms with Gasteiger partial charge in [0.2, 0.25) is 0 Å². The van der Waals surface area contributed by atoms with E-state index in [-0.39, 0.29) is 18.4 Å². The summed E-state index contributed by atoms with van der Waals surface area (Å²) < 4.78 is 46.3. The number of hydrogen-bond acceptors (Lipinski definition) is 5. The number of thiophene rings is 1. The molecule has 0 saturated carbocycles. The number of methoxy groups -OCH3 is 1. The zero-order chi connectivity index (χ0) is 21.5. The molecular weight excluding hydrogens is 435 g/mol. The van der Waals surface area contributed by atoms with Gasteiger partial charge in [0.05, 0.1) is 30.2 Å². The fourth-order valence-electron chi connectivity index (χ4n) is 3.38. The van der Waals surface area contributed by atoms with E-state index in [1.54, 1.807) is 13.0 Å². The average molecular weight is 450 g/mol. The summed E-state index contributed by atoms with van der Waals surface area (Å²) in [4.78, 5) is 25.8. The van der Waals surface area contributed by atoms with Crippen LogP contribution in [0.1, 0.15) is 30.1 Å². The highest BCUT2D eigenvalue weighted by atomic mass is 35.5. The average Bonchev–Trinajstić information content (AvgIpc) is 3.15. The smallest absolute Gasteiger partial charge is 0.496 e. The Morgan fingerprint density at radius 2 is 2.10 bits per heavy atom. The third-order valence-corrected chi connectivity index (χ3v) is 5.69. The van der Waals surface area contributed by atoms with Crippen molar-refractivity contribution >= 4 is 34.8 Å². The van der Waals surface area contributed by atoms with E-state index in [1.165, 1.54) is 17.4 Å². The number of rotatable bonds is 5. The topological polar surface area (TPSA) is 76.1 Å². The van der Waals surface area contributed by atoms with Crippen molar-refractivity contribution in [3.8, 4) is 5.06 Å². The lowest BCUT2D eigenvalue weighted by molar-refractivity contribution is -0.273. The number of alkyl halides is 3. The lowest BCUT2D eigenvalue weighted by Gasteiger charge is -2.29. The van der Waals surface area contributed by atoms with Crippen LogP contribution in [0.25, 0.3) is 0 Å². The highest BCUT2D eigenvalue weighted by Gasteiger charge is 2.42. The first-order valence-corrected chi connectivity index (χ1v) is 9.51. The van der Waals surface area contributed by atoms with E-state index < -0.39 is 29.3 Å². The Morgan fingerprint density at radius 3 is 2.69 bits per heavy atom. The standard InChI is InChI=1S/C18H15ClF3NO5S/c1-8-10(5-15(24)25)11-4-14(27-2)12(19)6-13(11)23(8)17(26)9-3-16(29-7-9)28-18(20,21)22/h3-4,7,13H,5-6H2,1-2H3,(H,24,25). The molecule has 1 unspecified atom stereocenters. The number of halogens is 4. The van der Waals surface area contributed by atoms with Gasteiger partial charge < -0.3 is 19.5 Å². The van der Waals surface area contributed by atoms with Crippen LogP contribution in [0.5, 0.6) is 5.06 Å². The quantitative estimate of drug-likeness (QED) is 0.708. The van der Waals surface area contributed by atoms with Crippen LogP contribution in [-0.2, 0) is 9.53 Å². The number of carboxylic acids is 1. The molecule has 0 aromatic carbocycles. The van der Waals surface area contributed by atoms with Gasteiger partial charge in [0.15, 0.2) is 5.06 Å². The third-order valence-electron chi connectivity index (χ3n) is 4.55. The molecule has 0 saturated heterocycles. The van der Waals surface area contributed by atoms with Crippen molar-refractivity contribution in [2.75, 3.05) is 7.11 Å². The van der Waals surface area contributed by atoms with Gasteiger partial charge in [-0.15, -0.1) is 24.5 Å². The predicted octanol–water partition coefficient (Wildman–Crippen LogP) is 4.65. The molecule has 0 radical (unpaired) electrons. The maximum absolute atomic E-state index is 13.1. The molecule has 156 valence electrons. The molecule has 0 fully saturated rings. The highest BCUT2D eigenvalue weighted by Crippen LogP contribution is 2.44. The van der Waals surface area contributed by atoms with Gasteiger partial charge in [0.1, 0.15) is 5.76 Å². The first kappa shape index (κ1) is 21.3. The lowest BCUT2D eigenvalue weighted by Crippen LogP contribution is -2.37. The summed E-state index contributed by atoms with van der Waals surface area (Å²) in [5, 5.41) is 10.4. The number of carbonyl (C=O) groups excluding carboxylic acids is 1. The van der Waals surface area contributed by atoms with Crippen LogP contribution in [0.3, 0.4) is 0 Å². The van der Waals surface area contributed by atoms with Gasteiger partial charge in [-0.3, -0.25) is 9.59 Å². The van der Waals surface area contributed by atoms with E-state index in [9.17, 15) is 27.9 Å². The molecule has 1 amide bonds. The molecule has 11 heteroatoms. The Bertz CT molecular complexity index is 963. The molecule has 2 heterocycles. The number of amides is 1. The van der Waals surface area contributed by atoms with Gasteiger partial charge in [0.25, 0.3) is 5.91 Å². The second-order valence-corrected chi connectivity index (χ2v) is 7.63. The number of hydrogen-bond donors (Lipinski definition) is 1. The minimum absolute atomic E-state index is 0.00201. The van der Waals surface area contributed by atoms with E-state index in [2.05, 4.69) is 4.74 Å². The Labute approximate surface area is 172 Å². The van der Waals surface area contributed by atoms with Crippen molar-refractivity contribution < 1.29 is 37.3 Å². The molecule has 1 N–H and O–H groups in total. The molecule has 0 bridgehead atoms. The van der Waals surface area contributed by atoms with Gasteiger partial charge in [-0.25, -0.2) is 0 Å². The van der Waals surface area contributed by atoms with E-state index in [0.717, 1.165) is 6.07 Å². The predicted molar refractivity (Wildman–Crippen MR) is 98.5 cm³/mol. The number of fused-ring (bicyclic) bond motifs is 1. The van der Waals surface area contributed by atoms with Crippen molar-refractivity contribution in [2.24, 2.45) is 0 Å². The maximum atomic E-state index is 13.1. The molecule has 29 heavy (non-hydrogen) atoms. The van der Waals surface area contributed by atoms with E-state index in [0.29, 0.717) is 39.0 Å². The zero-order valence-corrected chi connectivity index (χ0v) is 16.7. The Hall–Kier alpha value is -2.46. The molecule has 6 nitrogen and oxygen atoms in total. The van der Waals surface area contributed by atoms with Crippen LogP contribution in [0.2, 0.25) is 0 Å². The van der Waals surface area contributed by atoms with Gasteiger partial charge >= 0.3 is 12.3 Å². The third kappa shape index (κ3) is 4.27. The zero-order valence-electron chi connectivity index (χ0n) is 15.2. The Morgan fingerprint density at radius 1 is 1.41 bits per heavy atom. The van der Waals surface area contributed by atoms with Crippen LogP contribution in [-0.4, -0.2) is 41.4 Å². The van der Waals surface area contributed by atoms with E-state index in [1.807, 2.05) is 0 Å². The van der Waals surface area contributed by atoms with Crippen molar-refractivity contribution in [3.05, 3.63) is 50.7 Å². The maximum Gasteiger partial charge on any atom is 0.573 e. The highest BCUT2D eigenvalue weighted by molar-refractivity contribution is 7.12. The summed E-state index contributed by atoms with van der Waals surface area (Å²) in [6.45, 7) is 1.59. The van der Waals surface area contributed by atoms with Crippen molar-refractivity contribution in [2.45, 2.75) is 32.2 Å². The van der Waals surface area contributed by atoms with Crippen LogP contribution >= 0.6 is 22.9 Å². The molecule has 2 aliphatic rings. The summed E-state index contributed by atoms with van der Waals surface area (Å²) in [5.41, 5.74) is 1.43. The fraction of sp³-hybridized carbons (Fsp3) is 0.333. The SMILES string of the molecule is COC1=C(Cl)CC2C(=C1)C(CC(=O)O)=C(C)N2C(=O)c1csc(OC(F)(F)F)c1. The number of nitrogens with zero attached hydrogens (tertiary/aromatic N) is 1. The molecule has 0 spiro atoms. The van der Waals surface area contributed by atoms with Crippen molar-refractivity contribution in [1.29, 1.82) is 0 Å². The largest absolute Gasteiger partial charge is 0.573 e. The van der Waals surface area contributed by atoms with Crippen LogP contribution in [0.15, 0.2) is 45.2 Å². The van der Waals surface area contributed by atoms with Crippen LogP contribution < -0.4 is 4.74 Å². The number of carboxylic acid groups (broad SMARTS) is 1. The molecule has 1 aliphatic carbocycles. The summed E-state index contributed by atoms with van der Waals surface area (Å²) in [7, 11) is 1.42. The number of carbonyl (C=O) groups is 2. The molecule has 1 aromatic heterocycles. The normalized spacial score (nSPS) is 19.3.